The van der Waals surface area contributed by atoms with Gasteiger partial charge in [0, 0.05) is 20.1 Å². The Labute approximate surface area is 144 Å². The van der Waals surface area contributed by atoms with Crippen molar-refractivity contribution in [2.45, 2.75) is 39.9 Å². The minimum Gasteiger partial charge on any atom is -0.465 e. The molecule has 0 saturated carbocycles. The number of aromatic amines is 1. The molecule has 0 spiro atoms. The van der Waals surface area contributed by atoms with Gasteiger partial charge in [0.15, 0.2) is 5.65 Å². The van der Waals surface area contributed by atoms with Gasteiger partial charge in [-0.05, 0) is 32.9 Å². The van der Waals surface area contributed by atoms with Crippen LogP contribution in [-0.2, 0) is 27.2 Å². The number of aromatic nitrogens is 4. The van der Waals surface area contributed by atoms with Gasteiger partial charge in [-0.2, -0.15) is 0 Å². The first-order valence-electron chi connectivity index (χ1n) is 8.22. The number of furan rings is 1. The first-order chi connectivity index (χ1) is 11.8. The minimum atomic E-state index is -0.387. The molecule has 3 rings (SSSR count). The van der Waals surface area contributed by atoms with Gasteiger partial charge >= 0.3 is 5.69 Å². The van der Waals surface area contributed by atoms with Crippen molar-refractivity contribution in [1.29, 1.82) is 0 Å². The highest BCUT2D eigenvalue weighted by molar-refractivity contribution is 5.69. The lowest BCUT2D eigenvalue weighted by atomic mass is 10.3. The Hall–Kier alpha value is -2.61. The summed E-state index contributed by atoms with van der Waals surface area (Å²) in [6, 6.07) is 4.15. The van der Waals surface area contributed by atoms with E-state index in [0.29, 0.717) is 30.1 Å². The molecule has 25 heavy (non-hydrogen) atoms. The SMILES string of the molecule is Cc1ccc(CN(Cc2nc3c([nH]2)c(=O)n(C)c(=O)n3C)C(C)C)o1. The molecule has 1 N–H and O–H groups in total. The second-order valence-electron chi connectivity index (χ2n) is 6.60. The molecule has 8 heteroatoms. The van der Waals surface area contributed by atoms with E-state index in [1.54, 1.807) is 7.05 Å². The molecule has 0 bridgehead atoms. The highest BCUT2D eigenvalue weighted by Gasteiger charge is 2.18. The Kier molecular flexibility index (Phi) is 4.38. The fraction of sp³-hybridized carbons (Fsp3) is 0.471. The quantitative estimate of drug-likeness (QED) is 0.752. The molecule has 0 saturated heterocycles. The van der Waals surface area contributed by atoms with Crippen LogP contribution >= 0.6 is 0 Å². The monoisotopic (exact) mass is 345 g/mol. The highest BCUT2D eigenvalue weighted by atomic mass is 16.3. The van der Waals surface area contributed by atoms with Crippen molar-refractivity contribution in [3.05, 3.63) is 50.3 Å². The van der Waals surface area contributed by atoms with Crippen LogP contribution in [0.5, 0.6) is 0 Å². The second kappa shape index (κ2) is 6.36. The Morgan fingerprint density at radius 1 is 1.20 bits per heavy atom. The summed E-state index contributed by atoms with van der Waals surface area (Å²) in [5.74, 6) is 2.40. The maximum absolute atomic E-state index is 12.3. The van der Waals surface area contributed by atoms with E-state index in [9.17, 15) is 9.59 Å². The van der Waals surface area contributed by atoms with Gasteiger partial charge in [-0.3, -0.25) is 18.8 Å². The van der Waals surface area contributed by atoms with E-state index >= 15 is 0 Å². The van der Waals surface area contributed by atoms with Crippen molar-refractivity contribution in [1.82, 2.24) is 24.0 Å². The molecule has 0 unspecified atom stereocenters. The number of hydrogen-bond acceptors (Lipinski definition) is 5. The fourth-order valence-electron chi connectivity index (χ4n) is 2.83. The number of hydrogen-bond donors (Lipinski definition) is 1. The Morgan fingerprint density at radius 3 is 2.52 bits per heavy atom. The average Bonchev–Trinajstić information content (AvgIpc) is 3.16. The van der Waals surface area contributed by atoms with Crippen molar-refractivity contribution in [2.24, 2.45) is 14.1 Å². The molecule has 0 aliphatic rings. The Morgan fingerprint density at radius 2 is 1.92 bits per heavy atom. The topological polar surface area (TPSA) is 89.1 Å². The van der Waals surface area contributed by atoms with Gasteiger partial charge in [-0.1, -0.05) is 0 Å². The molecule has 0 fully saturated rings. The molecule has 0 aliphatic carbocycles. The third-order valence-corrected chi connectivity index (χ3v) is 4.38. The molecular formula is C17H23N5O3. The number of H-pyrrole nitrogens is 1. The largest absolute Gasteiger partial charge is 0.465 e. The van der Waals surface area contributed by atoms with Crippen molar-refractivity contribution in [3.63, 3.8) is 0 Å². The maximum Gasteiger partial charge on any atom is 0.332 e. The molecule has 0 atom stereocenters. The van der Waals surface area contributed by atoms with E-state index in [-0.39, 0.29) is 17.3 Å². The van der Waals surface area contributed by atoms with Gasteiger partial charge < -0.3 is 9.40 Å². The van der Waals surface area contributed by atoms with E-state index in [1.807, 2.05) is 19.1 Å². The van der Waals surface area contributed by atoms with Crippen molar-refractivity contribution >= 4 is 11.2 Å². The van der Waals surface area contributed by atoms with Crippen LogP contribution < -0.4 is 11.2 Å². The van der Waals surface area contributed by atoms with Crippen LogP contribution in [0.1, 0.15) is 31.2 Å². The van der Waals surface area contributed by atoms with Crippen LogP contribution in [0.15, 0.2) is 26.1 Å². The third kappa shape index (κ3) is 3.17. The fourth-order valence-corrected chi connectivity index (χ4v) is 2.83. The van der Waals surface area contributed by atoms with Crippen molar-refractivity contribution in [3.8, 4) is 0 Å². The molecule has 3 aromatic rings. The molecule has 0 amide bonds. The molecule has 0 aliphatic heterocycles. The van der Waals surface area contributed by atoms with E-state index in [1.165, 1.54) is 11.6 Å². The van der Waals surface area contributed by atoms with Gasteiger partial charge in [-0.15, -0.1) is 0 Å². The van der Waals surface area contributed by atoms with Crippen LogP contribution in [-0.4, -0.2) is 30.0 Å². The average molecular weight is 345 g/mol. The van der Waals surface area contributed by atoms with Crippen molar-refractivity contribution < 1.29 is 4.42 Å². The van der Waals surface area contributed by atoms with Gasteiger partial charge in [0.1, 0.15) is 22.9 Å². The minimum absolute atomic E-state index is 0.255. The predicted octanol–water partition coefficient (Wildman–Crippen LogP) is 1.27. The van der Waals surface area contributed by atoms with Crippen LogP contribution in [0.3, 0.4) is 0 Å². The summed E-state index contributed by atoms with van der Waals surface area (Å²) >= 11 is 0. The Balaban J connectivity index is 1.95. The predicted molar refractivity (Wildman–Crippen MR) is 94.4 cm³/mol. The van der Waals surface area contributed by atoms with E-state index in [4.69, 9.17) is 4.42 Å². The molecule has 0 radical (unpaired) electrons. The van der Waals surface area contributed by atoms with Crippen LogP contribution in [0, 0.1) is 6.92 Å². The van der Waals surface area contributed by atoms with E-state index in [0.717, 1.165) is 16.1 Å². The number of nitrogens with one attached hydrogen (secondary N) is 1. The molecule has 134 valence electrons. The number of aryl methyl sites for hydroxylation is 2. The number of imidazole rings is 1. The van der Waals surface area contributed by atoms with Crippen LogP contribution in [0.4, 0.5) is 0 Å². The number of rotatable bonds is 5. The first-order valence-corrected chi connectivity index (χ1v) is 8.22. The van der Waals surface area contributed by atoms with Gasteiger partial charge in [0.05, 0.1) is 13.1 Å². The smallest absolute Gasteiger partial charge is 0.332 e. The van der Waals surface area contributed by atoms with E-state index < -0.39 is 0 Å². The van der Waals surface area contributed by atoms with Crippen LogP contribution in [0.2, 0.25) is 0 Å². The second-order valence-corrected chi connectivity index (χ2v) is 6.60. The number of nitrogens with zero attached hydrogens (tertiary/aromatic N) is 4. The van der Waals surface area contributed by atoms with Gasteiger partial charge in [-0.25, -0.2) is 9.78 Å². The maximum atomic E-state index is 12.3. The highest BCUT2D eigenvalue weighted by Crippen LogP contribution is 2.15. The summed E-state index contributed by atoms with van der Waals surface area (Å²) in [5, 5.41) is 0. The lowest BCUT2D eigenvalue weighted by molar-refractivity contribution is 0.183. The third-order valence-electron chi connectivity index (χ3n) is 4.38. The Bertz CT molecular complexity index is 1020. The van der Waals surface area contributed by atoms with E-state index in [2.05, 4.69) is 28.7 Å². The first kappa shape index (κ1) is 17.2. The zero-order chi connectivity index (χ0) is 18.3. The summed E-state index contributed by atoms with van der Waals surface area (Å²) in [5.41, 5.74) is -0.0327. The zero-order valence-corrected chi connectivity index (χ0v) is 15.2. The molecule has 8 nitrogen and oxygen atoms in total. The molecule has 0 aromatic carbocycles. The van der Waals surface area contributed by atoms with Gasteiger partial charge in [0.25, 0.3) is 5.56 Å². The van der Waals surface area contributed by atoms with Gasteiger partial charge in [0.2, 0.25) is 0 Å². The summed E-state index contributed by atoms with van der Waals surface area (Å²) in [7, 11) is 3.07. The number of fused-ring (bicyclic) bond motifs is 1. The van der Waals surface area contributed by atoms with Crippen molar-refractivity contribution in [2.75, 3.05) is 0 Å². The standard InChI is InChI=1S/C17H23N5O3/c1-10(2)22(8-12-7-6-11(3)25-12)9-13-18-14-15(19-13)20(4)17(24)21(5)16(14)23/h6-7,10H,8-9H2,1-5H3,(H,18,19). The summed E-state index contributed by atoms with van der Waals surface area (Å²) in [6.07, 6.45) is 0. The summed E-state index contributed by atoms with van der Waals surface area (Å²) in [6.45, 7) is 7.25. The lowest BCUT2D eigenvalue weighted by Gasteiger charge is -2.24. The summed E-state index contributed by atoms with van der Waals surface area (Å²) in [4.78, 5) is 34.0. The normalized spacial score (nSPS) is 12.0. The molecular weight excluding hydrogens is 322 g/mol. The molecule has 3 aromatic heterocycles. The lowest BCUT2D eigenvalue weighted by Crippen LogP contribution is -2.36. The summed E-state index contributed by atoms with van der Waals surface area (Å²) < 4.78 is 8.12. The molecule has 3 heterocycles. The van der Waals surface area contributed by atoms with Crippen LogP contribution in [0.25, 0.3) is 11.2 Å². The zero-order valence-electron chi connectivity index (χ0n) is 15.2.